The van der Waals surface area contributed by atoms with Crippen molar-refractivity contribution in [3.05, 3.63) is 34.9 Å². The fourth-order valence-electron chi connectivity index (χ4n) is 5.38. The third kappa shape index (κ3) is 3.95. The first kappa shape index (κ1) is 18.3. The predicted octanol–water partition coefficient (Wildman–Crippen LogP) is 2.72. The van der Waals surface area contributed by atoms with Crippen LogP contribution in [0.15, 0.2) is 24.3 Å². The topological polar surface area (TPSA) is 84.5 Å². The highest BCUT2D eigenvalue weighted by atomic mass is 35.5. The zero-order valence-corrected chi connectivity index (χ0v) is 15.7. The van der Waals surface area contributed by atoms with Crippen molar-refractivity contribution in [2.45, 2.75) is 32.1 Å². The molecule has 0 saturated heterocycles. The van der Waals surface area contributed by atoms with Crippen LogP contribution in [0.4, 0.5) is 0 Å². The van der Waals surface area contributed by atoms with Gasteiger partial charge in [0.25, 0.3) is 11.8 Å². The summed E-state index contributed by atoms with van der Waals surface area (Å²) in [5.74, 6) is 1.05. The highest BCUT2D eigenvalue weighted by molar-refractivity contribution is 6.30. The first-order valence-electron chi connectivity index (χ1n) is 9.51. The molecule has 5 rings (SSSR count). The van der Waals surface area contributed by atoms with Crippen LogP contribution in [0.25, 0.3) is 0 Å². The molecule has 7 heteroatoms. The number of carbonyl (C=O) groups excluding carboxylic acids is 3. The summed E-state index contributed by atoms with van der Waals surface area (Å²) in [5.41, 5.74) is 4.94. The molecule has 0 heterocycles. The number of halogens is 1. The van der Waals surface area contributed by atoms with Gasteiger partial charge in [0.15, 0.2) is 6.61 Å². The van der Waals surface area contributed by atoms with Gasteiger partial charge in [-0.05, 0) is 80.0 Å². The summed E-state index contributed by atoms with van der Waals surface area (Å²) < 4.78 is 5.26. The fourth-order valence-corrected chi connectivity index (χ4v) is 5.50. The van der Waals surface area contributed by atoms with E-state index in [2.05, 4.69) is 10.9 Å². The molecule has 0 aliphatic heterocycles. The lowest BCUT2D eigenvalue weighted by Crippen LogP contribution is -2.49. The van der Waals surface area contributed by atoms with Crippen molar-refractivity contribution in [2.24, 2.45) is 29.6 Å². The van der Waals surface area contributed by atoms with E-state index in [9.17, 15) is 14.4 Å². The maximum Gasteiger partial charge on any atom is 0.310 e. The molecule has 4 fully saturated rings. The lowest BCUT2D eigenvalue weighted by atomic mass is 9.52. The van der Waals surface area contributed by atoms with E-state index in [1.807, 2.05) is 0 Å². The molecule has 144 valence electrons. The van der Waals surface area contributed by atoms with Crippen LogP contribution in [-0.2, 0) is 14.3 Å². The summed E-state index contributed by atoms with van der Waals surface area (Å²) >= 11 is 5.77. The second-order valence-electron chi connectivity index (χ2n) is 8.07. The van der Waals surface area contributed by atoms with E-state index < -0.39 is 11.8 Å². The Morgan fingerprint density at radius 2 is 1.52 bits per heavy atom. The number of amides is 2. The van der Waals surface area contributed by atoms with Gasteiger partial charge in [-0.1, -0.05) is 11.6 Å². The van der Waals surface area contributed by atoms with Crippen LogP contribution in [0, 0.1) is 29.6 Å². The van der Waals surface area contributed by atoms with Crippen LogP contribution in [0.1, 0.15) is 42.5 Å². The Hall–Kier alpha value is -2.08. The number of carbonyl (C=O) groups is 3. The van der Waals surface area contributed by atoms with Gasteiger partial charge in [0.05, 0.1) is 5.92 Å². The Labute approximate surface area is 162 Å². The second kappa shape index (κ2) is 7.50. The van der Waals surface area contributed by atoms with E-state index in [0.717, 1.165) is 37.5 Å². The lowest BCUT2D eigenvalue weighted by Gasteiger charge is -2.53. The molecule has 1 aromatic carbocycles. The Morgan fingerprint density at radius 1 is 0.926 bits per heavy atom. The quantitative estimate of drug-likeness (QED) is 0.611. The number of hydrogen-bond donors (Lipinski definition) is 2. The van der Waals surface area contributed by atoms with Crippen molar-refractivity contribution >= 4 is 29.4 Å². The largest absolute Gasteiger partial charge is 0.455 e. The van der Waals surface area contributed by atoms with Crippen molar-refractivity contribution < 1.29 is 19.1 Å². The summed E-state index contributed by atoms with van der Waals surface area (Å²) in [4.78, 5) is 36.4. The van der Waals surface area contributed by atoms with Crippen molar-refractivity contribution in [1.29, 1.82) is 0 Å². The zero-order valence-electron chi connectivity index (χ0n) is 14.9. The van der Waals surface area contributed by atoms with Gasteiger partial charge in [-0.15, -0.1) is 0 Å². The highest BCUT2D eigenvalue weighted by Crippen LogP contribution is 2.56. The molecule has 27 heavy (non-hydrogen) atoms. The Morgan fingerprint density at radius 3 is 2.11 bits per heavy atom. The second-order valence-corrected chi connectivity index (χ2v) is 8.51. The number of hydrazine groups is 1. The van der Waals surface area contributed by atoms with Gasteiger partial charge in [0.2, 0.25) is 0 Å². The predicted molar refractivity (Wildman–Crippen MR) is 98.6 cm³/mol. The normalized spacial score (nSPS) is 30.6. The van der Waals surface area contributed by atoms with E-state index in [4.69, 9.17) is 16.3 Å². The summed E-state index contributed by atoms with van der Waals surface area (Å²) in [6.45, 7) is -0.386. The molecule has 2 N–H and O–H groups in total. The molecule has 0 unspecified atom stereocenters. The standard InChI is InChI=1S/C20H23ClN2O4/c21-16-3-1-13(2-4-16)19(25)23-22-17(24)10-27-20(26)18-14-6-11-5-12(8-14)9-15(18)7-11/h1-4,11-12,14-15,18H,5-10H2,(H,22,24)(H,23,25). The average Bonchev–Trinajstić information content (AvgIpc) is 2.64. The molecule has 4 saturated carbocycles. The number of nitrogens with one attached hydrogen (secondary N) is 2. The molecule has 4 aliphatic rings. The molecule has 0 atom stereocenters. The summed E-state index contributed by atoms with van der Waals surface area (Å²) in [6.07, 6.45) is 5.81. The third-order valence-corrected chi connectivity index (χ3v) is 6.52. The number of rotatable bonds is 4. The third-order valence-electron chi connectivity index (χ3n) is 6.27. The molecule has 0 spiro atoms. The molecule has 4 aliphatic carbocycles. The SMILES string of the molecule is O=C(COC(=O)C1C2CC3CC(C2)CC1C3)NNC(=O)c1ccc(Cl)cc1. The maximum absolute atomic E-state index is 12.5. The maximum atomic E-state index is 12.5. The van der Waals surface area contributed by atoms with Crippen molar-refractivity contribution in [2.75, 3.05) is 6.61 Å². The fraction of sp³-hybridized carbons (Fsp3) is 0.550. The molecular weight excluding hydrogens is 368 g/mol. The number of esters is 1. The van der Waals surface area contributed by atoms with E-state index in [1.54, 1.807) is 24.3 Å². The minimum absolute atomic E-state index is 0.0609. The monoisotopic (exact) mass is 390 g/mol. The van der Waals surface area contributed by atoms with Crippen LogP contribution >= 0.6 is 11.6 Å². The Kier molecular flexibility index (Phi) is 5.08. The van der Waals surface area contributed by atoms with Crippen molar-refractivity contribution in [1.82, 2.24) is 10.9 Å². The molecular formula is C20H23ClN2O4. The van der Waals surface area contributed by atoms with Crippen LogP contribution in [-0.4, -0.2) is 24.4 Å². The lowest BCUT2D eigenvalue weighted by molar-refractivity contribution is -0.164. The van der Waals surface area contributed by atoms with Gasteiger partial charge in [0, 0.05) is 10.6 Å². The van der Waals surface area contributed by atoms with Crippen LogP contribution in [0.3, 0.4) is 0 Å². The summed E-state index contributed by atoms with van der Waals surface area (Å²) in [7, 11) is 0. The van der Waals surface area contributed by atoms with Crippen molar-refractivity contribution in [3.63, 3.8) is 0 Å². The van der Waals surface area contributed by atoms with Gasteiger partial charge in [-0.25, -0.2) is 0 Å². The van der Waals surface area contributed by atoms with Gasteiger partial charge in [-0.3, -0.25) is 25.2 Å². The minimum atomic E-state index is -0.561. The molecule has 0 radical (unpaired) electrons. The van der Waals surface area contributed by atoms with E-state index in [0.29, 0.717) is 22.4 Å². The Balaban J connectivity index is 1.23. The van der Waals surface area contributed by atoms with E-state index in [-0.39, 0.29) is 18.5 Å². The van der Waals surface area contributed by atoms with Crippen LogP contribution in [0.5, 0.6) is 0 Å². The average molecular weight is 391 g/mol. The molecule has 2 amide bonds. The molecule has 0 aromatic heterocycles. The molecule has 1 aromatic rings. The smallest absolute Gasteiger partial charge is 0.310 e. The highest BCUT2D eigenvalue weighted by Gasteiger charge is 2.51. The van der Waals surface area contributed by atoms with Gasteiger partial charge in [-0.2, -0.15) is 0 Å². The number of hydrogen-bond acceptors (Lipinski definition) is 4. The number of ether oxygens (including phenoxy) is 1. The van der Waals surface area contributed by atoms with Crippen LogP contribution in [0.2, 0.25) is 5.02 Å². The van der Waals surface area contributed by atoms with Gasteiger partial charge in [0.1, 0.15) is 0 Å². The first-order chi connectivity index (χ1) is 13.0. The minimum Gasteiger partial charge on any atom is -0.455 e. The van der Waals surface area contributed by atoms with E-state index in [1.165, 1.54) is 6.42 Å². The zero-order chi connectivity index (χ0) is 19.0. The summed E-state index contributed by atoms with van der Waals surface area (Å²) in [5, 5.41) is 0.521. The van der Waals surface area contributed by atoms with E-state index >= 15 is 0 Å². The molecule has 4 bridgehead atoms. The molecule has 6 nitrogen and oxygen atoms in total. The number of benzene rings is 1. The van der Waals surface area contributed by atoms with Crippen LogP contribution < -0.4 is 10.9 Å². The van der Waals surface area contributed by atoms with Crippen molar-refractivity contribution in [3.8, 4) is 0 Å². The van der Waals surface area contributed by atoms with Gasteiger partial charge < -0.3 is 4.74 Å². The first-order valence-corrected chi connectivity index (χ1v) is 9.88. The van der Waals surface area contributed by atoms with Gasteiger partial charge >= 0.3 is 5.97 Å². The summed E-state index contributed by atoms with van der Waals surface area (Å²) in [6, 6.07) is 6.28. The Bertz CT molecular complexity index is 721.